The molecule has 3 N–H and O–H groups in total. The van der Waals surface area contributed by atoms with Crippen molar-refractivity contribution in [3.8, 4) is 17.0 Å². The Morgan fingerprint density at radius 1 is 0.939 bits per heavy atom. The van der Waals surface area contributed by atoms with Crippen LogP contribution in [-0.2, 0) is 36.8 Å². The lowest BCUT2D eigenvalue weighted by Crippen LogP contribution is -2.40. The van der Waals surface area contributed by atoms with Crippen molar-refractivity contribution in [3.63, 3.8) is 0 Å². The number of unbranched alkanes of at least 4 members (excludes halogenated alkanes) is 5. The number of carbonyl (C=O) groups excluding carboxylic acids is 3. The molecule has 0 radical (unpaired) electrons. The summed E-state index contributed by atoms with van der Waals surface area (Å²) in [6.07, 6.45) is 6.53. The van der Waals surface area contributed by atoms with Crippen molar-refractivity contribution in [2.45, 2.75) is 104 Å². The Morgan fingerprint density at radius 3 is 2.33 bits per heavy atom. The highest BCUT2D eigenvalue weighted by atomic mass is 16.6. The molecule has 11 heteroatoms. The van der Waals surface area contributed by atoms with E-state index < -0.39 is 30.0 Å². The van der Waals surface area contributed by atoms with Crippen LogP contribution in [0.2, 0.25) is 0 Å². The molecule has 0 saturated carbocycles. The smallest absolute Gasteiger partial charge is 0.330 e. The Bertz CT molecular complexity index is 1510. The van der Waals surface area contributed by atoms with E-state index in [1.807, 2.05) is 44.2 Å². The van der Waals surface area contributed by atoms with Crippen LogP contribution in [0.5, 0.6) is 5.75 Å². The largest absolute Gasteiger partial charge is 0.492 e. The quantitative estimate of drug-likeness (QED) is 0.0735. The van der Waals surface area contributed by atoms with Crippen molar-refractivity contribution in [2.24, 2.45) is 5.73 Å². The zero-order valence-corrected chi connectivity index (χ0v) is 29.2. The molecule has 0 saturated heterocycles. The van der Waals surface area contributed by atoms with Gasteiger partial charge in [-0.15, -0.1) is 0 Å². The van der Waals surface area contributed by atoms with Gasteiger partial charge in [-0.25, -0.2) is 9.78 Å². The topological polar surface area (TPSA) is 152 Å². The molecule has 0 bridgehead atoms. The van der Waals surface area contributed by atoms with Gasteiger partial charge in [-0.2, -0.15) is 0 Å². The van der Waals surface area contributed by atoms with E-state index >= 15 is 0 Å². The predicted molar refractivity (Wildman–Crippen MR) is 189 cm³/mol. The summed E-state index contributed by atoms with van der Waals surface area (Å²) in [6, 6.07) is 17.5. The second-order valence-electron chi connectivity index (χ2n) is 11.9. The van der Waals surface area contributed by atoms with Crippen LogP contribution in [0.4, 0.5) is 0 Å². The highest BCUT2D eigenvalue weighted by molar-refractivity contribution is 5.89. The summed E-state index contributed by atoms with van der Waals surface area (Å²) in [4.78, 5) is 54.8. The van der Waals surface area contributed by atoms with Crippen LogP contribution < -0.4 is 21.3 Å². The van der Waals surface area contributed by atoms with Crippen molar-refractivity contribution in [3.05, 3.63) is 82.4 Å². The van der Waals surface area contributed by atoms with Gasteiger partial charge in [0.05, 0.1) is 24.8 Å². The second kappa shape index (κ2) is 21.6. The summed E-state index contributed by atoms with van der Waals surface area (Å²) in [6.45, 7) is 7.46. The van der Waals surface area contributed by atoms with E-state index in [4.69, 9.17) is 24.9 Å². The molecule has 0 aliphatic heterocycles. The molecule has 49 heavy (non-hydrogen) atoms. The molecule has 1 unspecified atom stereocenters. The highest BCUT2D eigenvalue weighted by Crippen LogP contribution is 2.25. The molecule has 3 rings (SSSR count). The lowest BCUT2D eigenvalue weighted by molar-refractivity contribution is -0.163. The van der Waals surface area contributed by atoms with Gasteiger partial charge in [0, 0.05) is 31.1 Å². The van der Waals surface area contributed by atoms with Crippen molar-refractivity contribution < 1.29 is 28.6 Å². The first-order valence-corrected chi connectivity index (χ1v) is 17.5. The normalized spacial score (nSPS) is 12.3. The molecule has 11 nitrogen and oxygen atoms in total. The third-order valence-corrected chi connectivity index (χ3v) is 8.13. The van der Waals surface area contributed by atoms with Crippen molar-refractivity contribution in [1.82, 2.24) is 14.9 Å². The lowest BCUT2D eigenvalue weighted by atomic mass is 10.1. The lowest BCUT2D eigenvalue weighted by Gasteiger charge is -2.19. The van der Waals surface area contributed by atoms with E-state index in [9.17, 15) is 19.2 Å². The van der Waals surface area contributed by atoms with E-state index in [-0.39, 0.29) is 31.4 Å². The number of carbonyl (C=O) groups is 3. The molecule has 1 heterocycles. The van der Waals surface area contributed by atoms with E-state index in [2.05, 4.69) is 12.2 Å². The zero-order chi connectivity index (χ0) is 35.4. The Labute approximate surface area is 289 Å². The molecule has 1 aromatic heterocycles. The van der Waals surface area contributed by atoms with E-state index in [1.165, 1.54) is 19.3 Å². The molecule has 2 atom stereocenters. The number of esters is 2. The minimum absolute atomic E-state index is 0.00137. The number of primary amides is 1. The van der Waals surface area contributed by atoms with Crippen LogP contribution in [0.1, 0.15) is 96.1 Å². The van der Waals surface area contributed by atoms with Gasteiger partial charge in [0.1, 0.15) is 24.2 Å². The minimum atomic E-state index is -0.809. The third-order valence-electron chi connectivity index (χ3n) is 8.13. The first-order chi connectivity index (χ1) is 23.7. The Kier molecular flexibility index (Phi) is 17.2. The van der Waals surface area contributed by atoms with Gasteiger partial charge in [-0.05, 0) is 44.0 Å². The molecule has 0 spiro atoms. The summed E-state index contributed by atoms with van der Waals surface area (Å²) < 4.78 is 18.6. The number of hydrogen-bond donors (Lipinski definition) is 2. The number of ether oxygens (including phenoxy) is 3. The molecule has 1 amide bonds. The van der Waals surface area contributed by atoms with Gasteiger partial charge in [-0.3, -0.25) is 19.0 Å². The van der Waals surface area contributed by atoms with Crippen LogP contribution in [0.25, 0.3) is 11.3 Å². The van der Waals surface area contributed by atoms with Gasteiger partial charge < -0.3 is 25.3 Å². The molecule has 3 aromatic rings. The van der Waals surface area contributed by atoms with E-state index in [1.54, 1.807) is 34.9 Å². The minimum Gasteiger partial charge on any atom is -0.492 e. The van der Waals surface area contributed by atoms with Gasteiger partial charge in [-0.1, -0.05) is 88.4 Å². The van der Waals surface area contributed by atoms with Gasteiger partial charge in [0.2, 0.25) is 5.91 Å². The number of nitrogens with zero attached hydrogens (tertiary/aromatic N) is 2. The summed E-state index contributed by atoms with van der Waals surface area (Å²) in [5, 5.41) is 3.13. The third kappa shape index (κ3) is 13.6. The summed E-state index contributed by atoms with van der Waals surface area (Å²) in [5.41, 5.74) is 7.43. The monoisotopic (exact) mass is 676 g/mol. The van der Waals surface area contributed by atoms with E-state index in [0.717, 1.165) is 30.4 Å². The molecule has 266 valence electrons. The maximum Gasteiger partial charge on any atom is 0.330 e. The number of hydrogen-bond acceptors (Lipinski definition) is 9. The SMILES string of the molecule is CCCCCCCCN[C@@H](CCC(N)=O)C(=O)OC(=O)CC(OCC)c1ccc(OCCn2c(CC)nc(-c3ccccc3)cc2=O)cc1. The van der Waals surface area contributed by atoms with Gasteiger partial charge >= 0.3 is 11.9 Å². The van der Waals surface area contributed by atoms with Crippen LogP contribution >= 0.6 is 0 Å². The summed E-state index contributed by atoms with van der Waals surface area (Å²) >= 11 is 0. The van der Waals surface area contributed by atoms with Crippen LogP contribution in [0.3, 0.4) is 0 Å². The fraction of sp³-hybridized carbons (Fsp3) is 0.500. The van der Waals surface area contributed by atoms with Crippen molar-refractivity contribution in [2.75, 3.05) is 19.8 Å². The maximum absolute atomic E-state index is 12.9. The number of nitrogens with two attached hydrogens (primary N) is 1. The molecular formula is C38H52N4O7. The number of aryl methyl sites for hydroxylation is 1. The molecule has 0 aliphatic rings. The Balaban J connectivity index is 1.54. The van der Waals surface area contributed by atoms with Gasteiger partial charge in [0.15, 0.2) is 0 Å². The van der Waals surface area contributed by atoms with Crippen LogP contribution in [-0.4, -0.2) is 53.2 Å². The molecular weight excluding hydrogens is 624 g/mol. The average molecular weight is 677 g/mol. The fourth-order valence-electron chi connectivity index (χ4n) is 5.48. The molecule has 0 fully saturated rings. The predicted octanol–water partition coefficient (Wildman–Crippen LogP) is 5.67. The first-order valence-electron chi connectivity index (χ1n) is 17.5. The number of nitrogens with one attached hydrogen (secondary N) is 1. The fourth-order valence-corrected chi connectivity index (χ4v) is 5.48. The molecule has 0 aliphatic carbocycles. The number of rotatable bonds is 23. The summed E-state index contributed by atoms with van der Waals surface area (Å²) in [5.74, 6) is -0.707. The van der Waals surface area contributed by atoms with Crippen molar-refractivity contribution >= 4 is 17.8 Å². The first kappa shape index (κ1) is 39.1. The standard InChI is InChI=1S/C38H52N4O7/c1-4-7-8-9-10-14-23-40-31(21-22-34(39)43)38(46)49-37(45)27-33(47-6-3)29-17-19-30(20-18-29)48-25-24-42-35(5-2)41-32(26-36(42)44)28-15-12-11-13-16-28/h11-13,15-20,26,31,33,40H,4-10,14,21-25,27H2,1-3H3,(H2,39,43)/t31-,33?/m0/s1. The summed E-state index contributed by atoms with van der Waals surface area (Å²) in [7, 11) is 0. The number of benzene rings is 2. The second-order valence-corrected chi connectivity index (χ2v) is 11.9. The van der Waals surface area contributed by atoms with E-state index in [0.29, 0.717) is 43.4 Å². The molecule has 2 aromatic carbocycles. The number of aromatic nitrogens is 2. The average Bonchev–Trinajstić information content (AvgIpc) is 3.10. The maximum atomic E-state index is 12.9. The van der Waals surface area contributed by atoms with Crippen LogP contribution in [0, 0.1) is 0 Å². The number of amides is 1. The Morgan fingerprint density at radius 2 is 1.65 bits per heavy atom. The zero-order valence-electron chi connectivity index (χ0n) is 29.2. The van der Waals surface area contributed by atoms with Crippen molar-refractivity contribution in [1.29, 1.82) is 0 Å². The Hall–Kier alpha value is -4.35. The van der Waals surface area contributed by atoms with Gasteiger partial charge in [0.25, 0.3) is 5.56 Å². The van der Waals surface area contributed by atoms with Crippen LogP contribution in [0.15, 0.2) is 65.5 Å². The highest BCUT2D eigenvalue weighted by Gasteiger charge is 2.25.